The minimum absolute atomic E-state index is 0.696. The van der Waals surface area contributed by atoms with E-state index in [1.54, 1.807) is 21.3 Å². The summed E-state index contributed by atoms with van der Waals surface area (Å²) in [5.74, 6) is 2.11. The zero-order valence-electron chi connectivity index (χ0n) is 14.9. The number of pyridine rings is 1. The van der Waals surface area contributed by atoms with Crippen LogP contribution in [0.2, 0.25) is 0 Å². The van der Waals surface area contributed by atoms with Gasteiger partial charge in [-0.2, -0.15) is 4.57 Å². The van der Waals surface area contributed by atoms with Crippen molar-refractivity contribution >= 4 is 23.1 Å². The molecule has 1 aromatic heterocycles. The van der Waals surface area contributed by atoms with Crippen LogP contribution in [0.15, 0.2) is 48.5 Å². The lowest BCUT2D eigenvalue weighted by atomic mass is 10.1. The Morgan fingerprint density at radius 3 is 2.12 bits per heavy atom. The lowest BCUT2D eigenvalue weighted by Gasteiger charge is -2.12. The van der Waals surface area contributed by atoms with Crippen LogP contribution >= 0.6 is 0 Å². The van der Waals surface area contributed by atoms with Gasteiger partial charge in [-0.15, -0.1) is 0 Å². The van der Waals surface area contributed by atoms with E-state index in [4.69, 9.17) is 14.2 Å². The molecule has 0 aliphatic rings. The number of para-hydroxylation sites is 1. The molecule has 0 saturated heterocycles. The van der Waals surface area contributed by atoms with Crippen LogP contribution in [0, 0.1) is 0 Å². The highest BCUT2D eigenvalue weighted by Gasteiger charge is 2.13. The van der Waals surface area contributed by atoms with Gasteiger partial charge in [0.25, 0.3) is 0 Å². The van der Waals surface area contributed by atoms with E-state index in [0.29, 0.717) is 17.2 Å². The SMILES string of the molecule is COc1cc(OC)c(C=Cc2ccc3ccccc3[n+]2C)c(OC)c1. The first-order chi connectivity index (χ1) is 12.2. The highest BCUT2D eigenvalue weighted by Crippen LogP contribution is 2.35. The van der Waals surface area contributed by atoms with Crippen molar-refractivity contribution < 1.29 is 18.8 Å². The number of methoxy groups -OCH3 is 3. The van der Waals surface area contributed by atoms with Gasteiger partial charge in [-0.25, -0.2) is 0 Å². The van der Waals surface area contributed by atoms with Crippen LogP contribution in [-0.4, -0.2) is 21.3 Å². The second-order valence-electron chi connectivity index (χ2n) is 5.65. The van der Waals surface area contributed by atoms with E-state index in [-0.39, 0.29) is 0 Å². The fourth-order valence-corrected chi connectivity index (χ4v) is 2.89. The second kappa shape index (κ2) is 7.26. The summed E-state index contributed by atoms with van der Waals surface area (Å²) in [6.07, 6.45) is 4.06. The van der Waals surface area contributed by atoms with Crippen LogP contribution in [-0.2, 0) is 7.05 Å². The third-order valence-corrected chi connectivity index (χ3v) is 4.29. The highest BCUT2D eigenvalue weighted by molar-refractivity contribution is 5.79. The van der Waals surface area contributed by atoms with Crippen LogP contribution in [0.1, 0.15) is 11.3 Å². The molecule has 3 aromatic rings. The Morgan fingerprint density at radius 2 is 1.48 bits per heavy atom. The van der Waals surface area contributed by atoms with Crippen molar-refractivity contribution in [1.29, 1.82) is 0 Å². The molecule has 0 amide bonds. The standard InChI is InChI=1S/C21H22NO3/c1-22-16(10-9-15-7-5-6-8-19(15)22)11-12-18-20(24-3)13-17(23-2)14-21(18)25-4/h5-14H,1-4H3/q+1. The van der Waals surface area contributed by atoms with Crippen molar-refractivity contribution in [2.75, 3.05) is 21.3 Å². The van der Waals surface area contributed by atoms with E-state index in [2.05, 4.69) is 42.0 Å². The van der Waals surface area contributed by atoms with Crippen molar-refractivity contribution in [3.63, 3.8) is 0 Å². The zero-order valence-corrected chi connectivity index (χ0v) is 14.9. The summed E-state index contributed by atoms with van der Waals surface area (Å²) < 4.78 is 18.5. The first-order valence-electron chi connectivity index (χ1n) is 8.03. The smallest absolute Gasteiger partial charge is 0.212 e. The fraction of sp³-hybridized carbons (Fsp3) is 0.190. The molecule has 0 aliphatic heterocycles. The minimum Gasteiger partial charge on any atom is -0.496 e. The maximum absolute atomic E-state index is 5.50. The van der Waals surface area contributed by atoms with E-state index >= 15 is 0 Å². The van der Waals surface area contributed by atoms with Gasteiger partial charge in [-0.3, -0.25) is 0 Å². The molecule has 0 fully saturated rings. The van der Waals surface area contributed by atoms with Crippen LogP contribution in [0.5, 0.6) is 17.2 Å². The number of ether oxygens (including phenoxy) is 3. The molecule has 2 aromatic carbocycles. The molecule has 0 bridgehead atoms. The van der Waals surface area contributed by atoms with Gasteiger partial charge in [0.1, 0.15) is 24.3 Å². The number of hydrogen-bond donors (Lipinski definition) is 0. The molecule has 128 valence electrons. The Balaban J connectivity index is 2.06. The maximum Gasteiger partial charge on any atom is 0.212 e. The van der Waals surface area contributed by atoms with Crippen LogP contribution in [0.25, 0.3) is 23.1 Å². The molecule has 0 radical (unpaired) electrons. The predicted molar refractivity (Wildman–Crippen MR) is 100 cm³/mol. The molecular formula is C21H22NO3+. The average Bonchev–Trinajstić information content (AvgIpc) is 2.67. The number of hydrogen-bond acceptors (Lipinski definition) is 3. The minimum atomic E-state index is 0.696. The summed E-state index contributed by atoms with van der Waals surface area (Å²) in [4.78, 5) is 0. The number of fused-ring (bicyclic) bond motifs is 1. The summed E-state index contributed by atoms with van der Waals surface area (Å²) in [6, 6.07) is 16.2. The molecule has 0 atom stereocenters. The summed E-state index contributed by atoms with van der Waals surface area (Å²) in [5, 5.41) is 1.21. The number of nitrogens with zero attached hydrogens (tertiary/aromatic N) is 1. The zero-order chi connectivity index (χ0) is 17.8. The Bertz CT molecular complexity index is 907. The van der Waals surface area contributed by atoms with Crippen molar-refractivity contribution in [3.8, 4) is 17.2 Å². The van der Waals surface area contributed by atoms with Crippen molar-refractivity contribution in [2.24, 2.45) is 7.05 Å². The van der Waals surface area contributed by atoms with E-state index in [1.165, 1.54) is 10.9 Å². The average molecular weight is 336 g/mol. The Labute approximate surface area is 147 Å². The summed E-state index contributed by atoms with van der Waals surface area (Å²) in [7, 11) is 6.96. The first kappa shape index (κ1) is 16.8. The van der Waals surface area contributed by atoms with Gasteiger partial charge in [-0.1, -0.05) is 12.1 Å². The van der Waals surface area contributed by atoms with Crippen LogP contribution in [0.4, 0.5) is 0 Å². The molecule has 4 heteroatoms. The Morgan fingerprint density at radius 1 is 0.800 bits per heavy atom. The van der Waals surface area contributed by atoms with Gasteiger partial charge in [0.05, 0.1) is 26.9 Å². The van der Waals surface area contributed by atoms with Crippen molar-refractivity contribution in [1.82, 2.24) is 0 Å². The summed E-state index contributed by atoms with van der Waals surface area (Å²) in [5.41, 5.74) is 3.14. The highest BCUT2D eigenvalue weighted by atomic mass is 16.5. The molecule has 4 nitrogen and oxygen atoms in total. The molecule has 0 N–H and O–H groups in total. The quantitative estimate of drug-likeness (QED) is 0.663. The summed E-state index contributed by atoms with van der Waals surface area (Å²) >= 11 is 0. The molecule has 0 spiro atoms. The molecule has 25 heavy (non-hydrogen) atoms. The molecule has 3 rings (SSSR count). The van der Waals surface area contributed by atoms with Crippen molar-refractivity contribution in [3.05, 3.63) is 59.8 Å². The Hall–Kier alpha value is -3.01. The normalized spacial score (nSPS) is 11.0. The van der Waals surface area contributed by atoms with Crippen LogP contribution < -0.4 is 18.8 Å². The van der Waals surface area contributed by atoms with Gasteiger partial charge in [-0.05, 0) is 18.2 Å². The van der Waals surface area contributed by atoms with E-state index in [9.17, 15) is 0 Å². The van der Waals surface area contributed by atoms with E-state index in [0.717, 1.165) is 11.3 Å². The van der Waals surface area contributed by atoms with Gasteiger partial charge in [0, 0.05) is 35.7 Å². The van der Waals surface area contributed by atoms with Gasteiger partial charge >= 0.3 is 0 Å². The number of aromatic nitrogens is 1. The maximum atomic E-state index is 5.50. The Kier molecular flexibility index (Phi) is 4.89. The van der Waals surface area contributed by atoms with Crippen molar-refractivity contribution in [2.45, 2.75) is 0 Å². The fourth-order valence-electron chi connectivity index (χ4n) is 2.89. The number of benzene rings is 2. The monoisotopic (exact) mass is 336 g/mol. The predicted octanol–water partition coefficient (Wildman–Crippen LogP) is 3.86. The lowest BCUT2D eigenvalue weighted by Crippen LogP contribution is -2.32. The number of rotatable bonds is 5. The van der Waals surface area contributed by atoms with Crippen LogP contribution in [0.3, 0.4) is 0 Å². The molecular weight excluding hydrogens is 314 g/mol. The molecule has 0 saturated carbocycles. The van der Waals surface area contributed by atoms with Gasteiger partial charge in [0.2, 0.25) is 11.2 Å². The van der Waals surface area contributed by atoms with E-state index < -0.39 is 0 Å². The lowest BCUT2D eigenvalue weighted by molar-refractivity contribution is -0.646. The molecule has 0 unspecified atom stereocenters. The third kappa shape index (κ3) is 3.29. The summed E-state index contributed by atoms with van der Waals surface area (Å²) in [6.45, 7) is 0. The van der Waals surface area contributed by atoms with Gasteiger partial charge in [0.15, 0.2) is 0 Å². The largest absolute Gasteiger partial charge is 0.496 e. The second-order valence-corrected chi connectivity index (χ2v) is 5.65. The topological polar surface area (TPSA) is 31.6 Å². The molecule has 0 aliphatic carbocycles. The van der Waals surface area contributed by atoms with Gasteiger partial charge < -0.3 is 14.2 Å². The first-order valence-corrected chi connectivity index (χ1v) is 8.03. The number of aryl methyl sites for hydroxylation is 1. The third-order valence-electron chi connectivity index (χ3n) is 4.29. The van der Waals surface area contributed by atoms with E-state index in [1.807, 2.05) is 30.3 Å². The molecule has 1 heterocycles.